The van der Waals surface area contributed by atoms with Gasteiger partial charge in [0.25, 0.3) is 0 Å². The highest BCUT2D eigenvalue weighted by molar-refractivity contribution is 7.96. The number of rotatable bonds is 8. The lowest BCUT2D eigenvalue weighted by Gasteiger charge is -2.36. The van der Waals surface area contributed by atoms with E-state index in [9.17, 15) is 4.79 Å². The van der Waals surface area contributed by atoms with E-state index in [0.717, 1.165) is 19.3 Å². The Labute approximate surface area is 161 Å². The zero-order chi connectivity index (χ0) is 18.2. The van der Waals surface area contributed by atoms with Crippen LogP contribution in [-0.2, 0) is 10.2 Å². The fourth-order valence-corrected chi connectivity index (χ4v) is 3.93. The maximum atomic E-state index is 11.2. The van der Waals surface area contributed by atoms with Gasteiger partial charge in [-0.2, -0.15) is 0 Å². The van der Waals surface area contributed by atoms with Gasteiger partial charge in [0.2, 0.25) is 0 Å². The number of carbonyl (C=O) groups is 1. The second-order valence-corrected chi connectivity index (χ2v) is 7.10. The van der Waals surface area contributed by atoms with Crippen LogP contribution in [0, 0.1) is 0 Å². The minimum Gasteiger partial charge on any atom is -0.288 e. The number of unbranched alkanes of at least 4 members (excludes halogenated alkanes) is 1. The van der Waals surface area contributed by atoms with Crippen LogP contribution in [0.5, 0.6) is 0 Å². The lowest BCUT2D eigenvalue weighted by atomic mass is 9.66. The van der Waals surface area contributed by atoms with E-state index in [1.165, 1.54) is 16.7 Å². The first-order chi connectivity index (χ1) is 12.7. The molecule has 0 amide bonds. The van der Waals surface area contributed by atoms with Gasteiger partial charge in [-0.05, 0) is 29.5 Å². The minimum atomic E-state index is -0.219. The van der Waals surface area contributed by atoms with Crippen LogP contribution in [0.15, 0.2) is 91.0 Å². The molecule has 26 heavy (non-hydrogen) atoms. The average Bonchev–Trinajstić information content (AvgIpc) is 2.70. The maximum Gasteiger partial charge on any atom is 0.185 e. The van der Waals surface area contributed by atoms with Crippen molar-refractivity contribution in [3.63, 3.8) is 0 Å². The van der Waals surface area contributed by atoms with Crippen molar-refractivity contribution in [2.45, 2.75) is 31.1 Å². The quantitative estimate of drug-likeness (QED) is 0.294. The molecule has 0 fully saturated rings. The molecule has 0 heterocycles. The van der Waals surface area contributed by atoms with Crippen LogP contribution in [0.2, 0.25) is 0 Å². The topological polar surface area (TPSA) is 17.1 Å². The standard InChI is InChI=1S/C24H24OS/c25-23(26)18-10-11-19-24(20-12-4-1-5-13-20,21-14-6-2-7-15-21)22-16-8-3-9-17-22/h1-9,12-17H,10-11,18-19H2,(H,25,26). The molecule has 2 heteroatoms. The summed E-state index contributed by atoms with van der Waals surface area (Å²) in [4.78, 5) is 11.2. The second-order valence-electron chi connectivity index (χ2n) is 6.60. The summed E-state index contributed by atoms with van der Waals surface area (Å²) in [6, 6.07) is 32.1. The smallest absolute Gasteiger partial charge is 0.185 e. The Kier molecular flexibility index (Phi) is 6.30. The molecule has 0 aliphatic heterocycles. The summed E-state index contributed by atoms with van der Waals surface area (Å²) in [6.07, 6.45) is 3.30. The van der Waals surface area contributed by atoms with E-state index in [1.54, 1.807) is 0 Å². The van der Waals surface area contributed by atoms with E-state index in [-0.39, 0.29) is 10.5 Å². The number of hydrogen-bond acceptors (Lipinski definition) is 1. The molecule has 0 atom stereocenters. The van der Waals surface area contributed by atoms with Gasteiger partial charge in [0.05, 0.1) is 0 Å². The lowest BCUT2D eigenvalue weighted by Crippen LogP contribution is -2.29. The van der Waals surface area contributed by atoms with Gasteiger partial charge in [-0.25, -0.2) is 0 Å². The molecule has 0 aromatic heterocycles. The predicted molar refractivity (Wildman–Crippen MR) is 112 cm³/mol. The highest BCUT2D eigenvalue weighted by atomic mass is 32.1. The first kappa shape index (κ1) is 18.5. The number of hydrogen-bond donors (Lipinski definition) is 1. The van der Waals surface area contributed by atoms with Crippen LogP contribution >= 0.6 is 12.6 Å². The Balaban J connectivity index is 2.10. The number of carbonyl (C=O) groups excluding carboxylic acids is 1. The highest BCUT2D eigenvalue weighted by Crippen LogP contribution is 2.43. The summed E-state index contributed by atoms with van der Waals surface area (Å²) in [5.41, 5.74) is 3.64. The fraction of sp³-hybridized carbons (Fsp3) is 0.208. The van der Waals surface area contributed by atoms with Crippen LogP contribution in [0.1, 0.15) is 42.4 Å². The summed E-state index contributed by atoms with van der Waals surface area (Å²) in [5, 5.41) is -0.0327. The van der Waals surface area contributed by atoms with E-state index in [0.29, 0.717) is 6.42 Å². The molecule has 0 unspecified atom stereocenters. The first-order valence-corrected chi connectivity index (χ1v) is 9.56. The lowest BCUT2D eigenvalue weighted by molar-refractivity contribution is -0.110. The van der Waals surface area contributed by atoms with Crippen molar-refractivity contribution in [2.75, 3.05) is 0 Å². The molecule has 0 aliphatic carbocycles. The van der Waals surface area contributed by atoms with Crippen LogP contribution in [-0.4, -0.2) is 5.12 Å². The van der Waals surface area contributed by atoms with E-state index >= 15 is 0 Å². The van der Waals surface area contributed by atoms with E-state index in [2.05, 4.69) is 104 Å². The highest BCUT2D eigenvalue weighted by Gasteiger charge is 2.35. The third-order valence-electron chi connectivity index (χ3n) is 4.99. The van der Waals surface area contributed by atoms with Gasteiger partial charge in [0, 0.05) is 11.8 Å². The van der Waals surface area contributed by atoms with Crippen molar-refractivity contribution in [1.82, 2.24) is 0 Å². The summed E-state index contributed by atoms with van der Waals surface area (Å²) in [6.45, 7) is 0. The molecule has 0 N–H and O–H groups in total. The van der Waals surface area contributed by atoms with Crippen molar-refractivity contribution >= 4 is 17.7 Å². The molecular weight excluding hydrogens is 336 g/mol. The van der Waals surface area contributed by atoms with E-state index in [1.807, 2.05) is 0 Å². The van der Waals surface area contributed by atoms with E-state index < -0.39 is 0 Å². The van der Waals surface area contributed by atoms with Crippen molar-refractivity contribution in [1.29, 1.82) is 0 Å². The fourth-order valence-electron chi connectivity index (χ4n) is 3.77. The van der Waals surface area contributed by atoms with Crippen LogP contribution in [0.3, 0.4) is 0 Å². The van der Waals surface area contributed by atoms with E-state index in [4.69, 9.17) is 0 Å². The van der Waals surface area contributed by atoms with Gasteiger partial charge in [-0.3, -0.25) is 4.79 Å². The van der Waals surface area contributed by atoms with Gasteiger partial charge >= 0.3 is 0 Å². The van der Waals surface area contributed by atoms with Crippen molar-refractivity contribution < 1.29 is 4.79 Å². The number of thiol groups is 1. The Hall–Kier alpha value is -2.32. The molecule has 3 aromatic carbocycles. The molecule has 3 aromatic rings. The zero-order valence-corrected chi connectivity index (χ0v) is 15.7. The van der Waals surface area contributed by atoms with Gasteiger partial charge < -0.3 is 0 Å². The summed E-state index contributed by atoms with van der Waals surface area (Å²) >= 11 is 3.91. The Morgan fingerprint density at radius 1 is 0.654 bits per heavy atom. The second kappa shape index (κ2) is 8.86. The minimum absolute atomic E-state index is 0.0327. The normalized spacial score (nSPS) is 11.3. The Bertz CT molecular complexity index is 716. The summed E-state index contributed by atoms with van der Waals surface area (Å²) < 4.78 is 0. The van der Waals surface area contributed by atoms with Crippen molar-refractivity contribution in [3.8, 4) is 0 Å². The largest absolute Gasteiger partial charge is 0.288 e. The van der Waals surface area contributed by atoms with Crippen LogP contribution < -0.4 is 0 Å². The predicted octanol–water partition coefficient (Wildman–Crippen LogP) is 6.04. The molecule has 0 spiro atoms. The first-order valence-electron chi connectivity index (χ1n) is 9.12. The zero-order valence-electron chi connectivity index (χ0n) is 14.8. The molecule has 1 nitrogen and oxygen atoms in total. The molecule has 0 saturated heterocycles. The third-order valence-corrected chi connectivity index (χ3v) is 5.22. The third kappa shape index (κ3) is 4.08. The Morgan fingerprint density at radius 2 is 1.04 bits per heavy atom. The molecule has 0 bridgehead atoms. The SMILES string of the molecule is O=C(S)CCCCC(c1ccccc1)(c1ccccc1)c1ccccc1. The van der Waals surface area contributed by atoms with Gasteiger partial charge in [-0.15, -0.1) is 12.6 Å². The maximum absolute atomic E-state index is 11.2. The molecule has 0 aliphatic rings. The average molecular weight is 361 g/mol. The number of benzene rings is 3. The molecule has 0 saturated carbocycles. The Morgan fingerprint density at radius 3 is 1.38 bits per heavy atom. The summed E-state index contributed by atoms with van der Waals surface area (Å²) in [5.74, 6) is 0. The van der Waals surface area contributed by atoms with Crippen LogP contribution in [0.4, 0.5) is 0 Å². The van der Waals surface area contributed by atoms with Gasteiger partial charge in [0.1, 0.15) is 0 Å². The van der Waals surface area contributed by atoms with Gasteiger partial charge in [-0.1, -0.05) is 97.4 Å². The molecular formula is C24H24OS. The molecule has 3 rings (SSSR count). The van der Waals surface area contributed by atoms with Crippen LogP contribution in [0.25, 0.3) is 0 Å². The van der Waals surface area contributed by atoms with Crippen molar-refractivity contribution in [3.05, 3.63) is 108 Å². The van der Waals surface area contributed by atoms with Crippen molar-refractivity contribution in [2.24, 2.45) is 0 Å². The monoisotopic (exact) mass is 360 g/mol. The molecule has 132 valence electrons. The molecule has 0 radical (unpaired) electrons. The summed E-state index contributed by atoms with van der Waals surface area (Å²) in [7, 11) is 0. The van der Waals surface area contributed by atoms with Gasteiger partial charge in [0.15, 0.2) is 5.12 Å².